The normalized spacial score (nSPS) is 23.4. The lowest BCUT2D eigenvalue weighted by Crippen LogP contribution is -2.45. The van der Waals surface area contributed by atoms with Gasteiger partial charge in [0.05, 0.1) is 16.4 Å². The van der Waals surface area contributed by atoms with E-state index in [-0.39, 0.29) is 41.6 Å². The lowest BCUT2D eigenvalue weighted by Gasteiger charge is -2.38. The molecule has 7 nitrogen and oxygen atoms in total. The molecule has 1 saturated carbocycles. The van der Waals surface area contributed by atoms with E-state index in [1.807, 2.05) is 35.2 Å². The van der Waals surface area contributed by atoms with Crippen LogP contribution in [0.4, 0.5) is 0 Å². The highest BCUT2D eigenvalue weighted by molar-refractivity contribution is 7.90. The molecule has 0 bridgehead atoms. The van der Waals surface area contributed by atoms with Crippen LogP contribution in [0.2, 0.25) is 0 Å². The van der Waals surface area contributed by atoms with E-state index in [0.29, 0.717) is 11.4 Å². The maximum atomic E-state index is 13.5. The summed E-state index contributed by atoms with van der Waals surface area (Å²) in [5, 5.41) is 3.39. The van der Waals surface area contributed by atoms with Crippen LogP contribution in [0, 0.1) is 17.3 Å². The maximum absolute atomic E-state index is 13.5. The molecule has 1 aliphatic carbocycles. The second kappa shape index (κ2) is 13.9. The molecule has 42 heavy (non-hydrogen) atoms. The number of carbonyl (C=O) groups excluding carboxylic acids is 2. The molecule has 2 saturated heterocycles. The number of carbonyl (C=O) groups is 2. The van der Waals surface area contributed by atoms with Crippen molar-refractivity contribution in [2.45, 2.75) is 75.8 Å². The molecule has 2 heterocycles. The number of benzene rings is 2. The Morgan fingerprint density at radius 3 is 2.19 bits per heavy atom. The molecule has 1 atom stereocenters. The topological polar surface area (TPSA) is 86.8 Å². The van der Waals surface area contributed by atoms with Gasteiger partial charge in [0, 0.05) is 31.8 Å². The summed E-state index contributed by atoms with van der Waals surface area (Å²) < 4.78 is 23.5. The van der Waals surface area contributed by atoms with Crippen molar-refractivity contribution in [2.24, 2.45) is 17.3 Å². The minimum absolute atomic E-state index is 0. The highest BCUT2D eigenvalue weighted by atomic mass is 35.5. The molecule has 1 spiro atoms. The van der Waals surface area contributed by atoms with Gasteiger partial charge in [0.2, 0.25) is 11.8 Å². The largest absolute Gasteiger partial charge is 0.349 e. The zero-order valence-corrected chi connectivity index (χ0v) is 26.6. The quantitative estimate of drug-likeness (QED) is 0.408. The Balaban J connectivity index is 0.00000405. The van der Waals surface area contributed by atoms with Gasteiger partial charge < -0.3 is 15.1 Å². The van der Waals surface area contributed by atoms with Crippen molar-refractivity contribution in [3.63, 3.8) is 0 Å². The summed E-state index contributed by atoms with van der Waals surface area (Å²) in [5.41, 5.74) is 1.83. The van der Waals surface area contributed by atoms with Gasteiger partial charge in [0.25, 0.3) is 0 Å². The third kappa shape index (κ3) is 7.74. The Morgan fingerprint density at radius 1 is 0.952 bits per heavy atom. The van der Waals surface area contributed by atoms with Gasteiger partial charge in [0.1, 0.15) is 0 Å². The Kier molecular flexibility index (Phi) is 10.8. The molecule has 1 unspecified atom stereocenters. The molecule has 0 aromatic heterocycles. The highest BCUT2D eigenvalue weighted by Gasteiger charge is 2.47. The molecule has 3 aliphatic rings. The number of amides is 2. The molecule has 230 valence electrons. The molecule has 3 fully saturated rings. The number of piperidine rings is 1. The Hall–Kier alpha value is -2.42. The SMILES string of the molecule is CC1CCC(C(=O)NC(CCN2CCC3(CC2)CCN(Cc2ccc(S(C)(=O)=O)cc2)C3=O)c2ccccc2)CC1.Cl. The Bertz CT molecular complexity index is 1300. The van der Waals surface area contributed by atoms with E-state index in [9.17, 15) is 18.0 Å². The smallest absolute Gasteiger partial charge is 0.229 e. The summed E-state index contributed by atoms with van der Waals surface area (Å²) in [6, 6.07) is 17.2. The monoisotopic (exact) mass is 615 g/mol. The van der Waals surface area contributed by atoms with Crippen molar-refractivity contribution in [3.05, 3.63) is 65.7 Å². The van der Waals surface area contributed by atoms with Crippen molar-refractivity contribution in [2.75, 3.05) is 32.4 Å². The zero-order valence-electron chi connectivity index (χ0n) is 25.0. The fraction of sp³-hybridized carbons (Fsp3) is 0.576. The summed E-state index contributed by atoms with van der Waals surface area (Å²) in [5.74, 6) is 1.28. The van der Waals surface area contributed by atoms with Crippen LogP contribution in [-0.2, 0) is 26.0 Å². The van der Waals surface area contributed by atoms with Crippen molar-refractivity contribution in [3.8, 4) is 0 Å². The van der Waals surface area contributed by atoms with Crippen LogP contribution in [0.15, 0.2) is 59.5 Å². The lowest BCUT2D eigenvalue weighted by atomic mass is 9.77. The number of sulfone groups is 1. The molecule has 9 heteroatoms. The summed E-state index contributed by atoms with van der Waals surface area (Å²) in [4.78, 5) is 31.4. The third-order valence-corrected chi connectivity index (χ3v) is 10.9. The van der Waals surface area contributed by atoms with E-state index in [1.54, 1.807) is 12.1 Å². The van der Waals surface area contributed by atoms with Crippen LogP contribution < -0.4 is 5.32 Å². The predicted molar refractivity (Wildman–Crippen MR) is 168 cm³/mol. The first-order valence-electron chi connectivity index (χ1n) is 15.3. The van der Waals surface area contributed by atoms with Gasteiger partial charge in [-0.1, -0.05) is 49.4 Å². The van der Waals surface area contributed by atoms with Crippen LogP contribution in [0.3, 0.4) is 0 Å². The van der Waals surface area contributed by atoms with E-state index in [2.05, 4.69) is 29.3 Å². The van der Waals surface area contributed by atoms with Crippen molar-refractivity contribution in [1.82, 2.24) is 15.1 Å². The van der Waals surface area contributed by atoms with Crippen LogP contribution in [-0.4, -0.2) is 62.5 Å². The Morgan fingerprint density at radius 2 is 1.57 bits per heavy atom. The standard InChI is InChI=1S/C33H45N3O4S.ClH/c1-25-8-12-28(13-9-25)31(37)34-30(27-6-4-3-5-7-27)16-20-35-21-17-33(18-22-35)19-23-36(32(33)38)24-26-10-14-29(15-11-26)41(2,39)40;/h3-7,10-11,14-15,25,28,30H,8-9,12-13,16-24H2,1-2H3,(H,34,37);1H. The number of nitrogens with one attached hydrogen (secondary N) is 1. The Labute approximate surface area is 257 Å². The van der Waals surface area contributed by atoms with Crippen LogP contribution in [0.1, 0.15) is 75.5 Å². The van der Waals surface area contributed by atoms with E-state index in [4.69, 9.17) is 0 Å². The molecule has 0 radical (unpaired) electrons. The summed E-state index contributed by atoms with van der Waals surface area (Å²) >= 11 is 0. The molecule has 1 N–H and O–H groups in total. The minimum Gasteiger partial charge on any atom is -0.349 e. The molecule has 5 rings (SSSR count). The van der Waals surface area contributed by atoms with Crippen LogP contribution in [0.25, 0.3) is 0 Å². The highest BCUT2D eigenvalue weighted by Crippen LogP contribution is 2.42. The van der Waals surface area contributed by atoms with Gasteiger partial charge in [-0.15, -0.1) is 12.4 Å². The minimum atomic E-state index is -3.23. The summed E-state index contributed by atoms with van der Waals surface area (Å²) in [6.45, 7) is 6.21. The summed E-state index contributed by atoms with van der Waals surface area (Å²) in [6.07, 6.45) is 8.90. The number of hydrogen-bond donors (Lipinski definition) is 1. The van der Waals surface area contributed by atoms with E-state index < -0.39 is 9.84 Å². The number of halogens is 1. The third-order valence-electron chi connectivity index (χ3n) is 9.78. The fourth-order valence-electron chi connectivity index (χ4n) is 6.91. The van der Waals surface area contributed by atoms with Crippen molar-refractivity contribution in [1.29, 1.82) is 0 Å². The first kappa shape index (κ1) is 32.5. The maximum Gasteiger partial charge on any atom is 0.229 e. The van der Waals surface area contributed by atoms with Crippen LogP contribution >= 0.6 is 12.4 Å². The van der Waals surface area contributed by atoms with Crippen molar-refractivity contribution >= 4 is 34.1 Å². The first-order chi connectivity index (χ1) is 19.6. The molecule has 2 amide bonds. The zero-order chi connectivity index (χ0) is 29.0. The number of rotatable bonds is 9. The van der Waals surface area contributed by atoms with Gasteiger partial charge >= 0.3 is 0 Å². The summed E-state index contributed by atoms with van der Waals surface area (Å²) in [7, 11) is -3.23. The molecule has 2 aromatic carbocycles. The molecular formula is C33H46ClN3O4S. The number of likely N-dealkylation sites (tertiary alicyclic amines) is 2. The van der Waals surface area contributed by atoms with Crippen LogP contribution in [0.5, 0.6) is 0 Å². The molecular weight excluding hydrogens is 570 g/mol. The number of nitrogens with zero attached hydrogens (tertiary/aromatic N) is 2. The van der Waals surface area contributed by atoms with E-state index >= 15 is 0 Å². The van der Waals surface area contributed by atoms with Crippen molar-refractivity contribution < 1.29 is 18.0 Å². The second-order valence-electron chi connectivity index (χ2n) is 12.7. The first-order valence-corrected chi connectivity index (χ1v) is 17.2. The molecule has 2 aliphatic heterocycles. The fourth-order valence-corrected chi connectivity index (χ4v) is 7.54. The lowest BCUT2D eigenvalue weighted by molar-refractivity contribution is -0.139. The average molecular weight is 616 g/mol. The number of hydrogen-bond acceptors (Lipinski definition) is 5. The van der Waals surface area contributed by atoms with Gasteiger partial charge in [0.15, 0.2) is 9.84 Å². The average Bonchev–Trinajstić information content (AvgIpc) is 3.26. The van der Waals surface area contributed by atoms with Gasteiger partial charge in [-0.25, -0.2) is 8.42 Å². The van der Waals surface area contributed by atoms with E-state index in [0.717, 1.165) is 94.6 Å². The van der Waals surface area contributed by atoms with Gasteiger partial charge in [-0.05, 0) is 93.6 Å². The van der Waals surface area contributed by atoms with Gasteiger partial charge in [-0.2, -0.15) is 0 Å². The van der Waals surface area contributed by atoms with Gasteiger partial charge in [-0.3, -0.25) is 9.59 Å². The molecule has 2 aromatic rings. The predicted octanol–water partition coefficient (Wildman–Crippen LogP) is 5.40. The van der Waals surface area contributed by atoms with E-state index in [1.165, 1.54) is 6.26 Å². The second-order valence-corrected chi connectivity index (χ2v) is 14.7.